The molecule has 1 rings (SSSR count). The van der Waals surface area contributed by atoms with Crippen molar-refractivity contribution in [1.29, 1.82) is 0 Å². The molecule has 11 nitrogen and oxygen atoms in total. The summed E-state index contributed by atoms with van der Waals surface area (Å²) in [4.78, 5) is 26.7. The van der Waals surface area contributed by atoms with Gasteiger partial charge in [-0.3, -0.25) is 9.59 Å². The predicted octanol–water partition coefficient (Wildman–Crippen LogP) is 19.0. The monoisotopic (exact) mass is 1240 g/mol. The van der Waals surface area contributed by atoms with Gasteiger partial charge in [-0.15, -0.1) is 0 Å². The molecule has 1 saturated heterocycles. The Morgan fingerprint density at radius 3 is 1.24 bits per heavy atom. The molecule has 1 aliphatic rings. The van der Waals surface area contributed by atoms with Crippen LogP contribution in [0.1, 0.15) is 297 Å². The number of rotatable bonds is 61. The molecule has 0 aromatic rings. The van der Waals surface area contributed by atoms with Crippen molar-refractivity contribution < 1.29 is 49.3 Å². The first-order chi connectivity index (χ1) is 43.7. The van der Waals surface area contributed by atoms with Crippen LogP contribution in [0.5, 0.6) is 0 Å². The molecule has 1 aliphatic heterocycles. The first-order valence-electron chi connectivity index (χ1n) is 36.3. The van der Waals surface area contributed by atoms with Crippen molar-refractivity contribution in [3.05, 3.63) is 122 Å². The Balaban J connectivity index is 2.60. The number of allylic oxidation sites excluding steroid dienone is 19. The summed E-state index contributed by atoms with van der Waals surface area (Å²) in [5.74, 6) is -1.22. The summed E-state index contributed by atoms with van der Waals surface area (Å²) < 4.78 is 17.7. The van der Waals surface area contributed by atoms with Gasteiger partial charge in [-0.25, -0.2) is 0 Å². The molecule has 0 saturated carbocycles. The first-order valence-corrected chi connectivity index (χ1v) is 36.3. The lowest BCUT2D eigenvalue weighted by molar-refractivity contribution is -0.305. The van der Waals surface area contributed by atoms with Crippen molar-refractivity contribution in [3.63, 3.8) is 0 Å². The molecule has 0 spiro atoms. The summed E-state index contributed by atoms with van der Waals surface area (Å²) in [7, 11) is 0. The van der Waals surface area contributed by atoms with Gasteiger partial charge < -0.3 is 45.1 Å². The quantitative estimate of drug-likeness (QED) is 0.0195. The van der Waals surface area contributed by atoms with Gasteiger partial charge in [0.2, 0.25) is 5.91 Å². The van der Waals surface area contributed by atoms with E-state index in [0.717, 1.165) is 128 Å². The third kappa shape index (κ3) is 51.3. The van der Waals surface area contributed by atoms with Gasteiger partial charge in [0, 0.05) is 6.42 Å². The van der Waals surface area contributed by atoms with Crippen LogP contribution in [0, 0.1) is 0 Å². The van der Waals surface area contributed by atoms with Crippen LogP contribution < -0.4 is 5.32 Å². The number of nitrogens with one attached hydrogen (secondary N) is 1. The van der Waals surface area contributed by atoms with Crippen LogP contribution in [0.25, 0.3) is 0 Å². The van der Waals surface area contributed by atoms with E-state index in [0.29, 0.717) is 12.8 Å². The Morgan fingerprint density at radius 2 is 0.809 bits per heavy atom. The second-order valence-corrected chi connectivity index (χ2v) is 24.6. The topological polar surface area (TPSA) is 175 Å². The summed E-state index contributed by atoms with van der Waals surface area (Å²) >= 11 is 0. The van der Waals surface area contributed by atoms with Crippen LogP contribution in [-0.2, 0) is 23.8 Å². The van der Waals surface area contributed by atoms with Gasteiger partial charge >= 0.3 is 5.97 Å². The number of aliphatic hydroxyl groups is 5. The molecule has 89 heavy (non-hydrogen) atoms. The van der Waals surface area contributed by atoms with Crippen LogP contribution in [-0.4, -0.2) is 99.6 Å². The number of ether oxygens (including phenoxy) is 3. The maximum atomic E-state index is 13.5. The molecular weight excluding hydrogens is 1110 g/mol. The number of esters is 1. The van der Waals surface area contributed by atoms with Crippen molar-refractivity contribution in [1.82, 2.24) is 5.32 Å². The van der Waals surface area contributed by atoms with Crippen molar-refractivity contribution in [2.45, 2.75) is 346 Å². The molecule has 11 heteroatoms. The number of carbonyl (C=O) groups is 2. The second kappa shape index (κ2) is 64.2. The minimum absolute atomic E-state index is 0.0953. The van der Waals surface area contributed by atoms with Gasteiger partial charge in [-0.2, -0.15) is 0 Å². The van der Waals surface area contributed by atoms with E-state index in [1.165, 1.54) is 122 Å². The summed E-state index contributed by atoms with van der Waals surface area (Å²) in [5.41, 5.74) is 0. The van der Waals surface area contributed by atoms with Crippen molar-refractivity contribution >= 4 is 11.9 Å². The maximum Gasteiger partial charge on any atom is 0.306 e. The van der Waals surface area contributed by atoms with Gasteiger partial charge in [0.15, 0.2) is 12.4 Å². The van der Waals surface area contributed by atoms with Crippen LogP contribution >= 0.6 is 0 Å². The normalized spacial score (nSPS) is 18.9. The maximum absolute atomic E-state index is 13.5. The zero-order chi connectivity index (χ0) is 64.6. The number of hydrogen-bond acceptors (Lipinski definition) is 10. The molecule has 0 radical (unpaired) electrons. The summed E-state index contributed by atoms with van der Waals surface area (Å²) in [6.07, 6.45) is 79.4. The molecule has 1 heterocycles. The molecule has 1 fully saturated rings. The SMILES string of the molecule is CC/C=C\C/C=C\C/C=C\C/C=C\C/C=C\CCCCCCCC(=O)OC1C(OCC(NC(=O)C(O)CCCCCCCCCCCC/C=C\C/C=C\C/C=C\C/C=C\CCCCC)C(O)/C=C/CCCCCCCCCCCCC)OC(CO)C(O)C1O. The van der Waals surface area contributed by atoms with E-state index in [1.54, 1.807) is 6.08 Å². The lowest BCUT2D eigenvalue weighted by Crippen LogP contribution is -2.61. The number of unbranched alkanes of at least 4 members (excludes halogenated alkanes) is 29. The molecule has 8 unspecified atom stereocenters. The fraction of sp³-hybridized carbons (Fsp3) is 0.718. The number of amides is 1. The van der Waals surface area contributed by atoms with Crippen LogP contribution in [0.3, 0.4) is 0 Å². The van der Waals surface area contributed by atoms with Gasteiger partial charge in [0.25, 0.3) is 0 Å². The fourth-order valence-electron chi connectivity index (χ4n) is 10.7. The molecular formula is C78H133NO10. The highest BCUT2D eigenvalue weighted by Crippen LogP contribution is 2.26. The third-order valence-corrected chi connectivity index (χ3v) is 16.3. The molecule has 0 aliphatic carbocycles. The standard InChI is InChI=1S/C78H133NO10/c1-4-7-10-13-16-19-22-25-27-29-31-33-34-35-36-37-39-40-42-44-47-50-53-56-59-62-65-71(82)77(86)79-69(70(81)64-61-58-55-52-49-46-24-21-18-15-12-9-6-3)68-87-78-76(75(85)74(84)72(67-80)88-78)89-73(83)66-63-60-57-54-51-48-45-43-41-38-32-30-28-26-23-20-17-14-11-8-5-2/h8,11,16-17,19-20,25-28,31-33,35-36,38,43,45,61,64,69-72,74-76,78,80-82,84-85H,4-7,9-10,12-15,18,21-24,29-30,34,37,39-42,44,46-60,62-63,65-68H2,1-3H3,(H,79,86)/b11-8-,19-16-,20-17-,27-25-,28-26-,33-31-,36-35-,38-32-,45-43-,64-61+. The lowest BCUT2D eigenvalue weighted by atomic mass is 9.99. The van der Waals surface area contributed by atoms with Crippen molar-refractivity contribution in [2.24, 2.45) is 0 Å². The van der Waals surface area contributed by atoms with E-state index < -0.39 is 67.4 Å². The Labute approximate surface area is 544 Å². The highest BCUT2D eigenvalue weighted by molar-refractivity contribution is 5.80. The number of hydrogen-bond donors (Lipinski definition) is 6. The van der Waals surface area contributed by atoms with Crippen molar-refractivity contribution in [3.8, 4) is 0 Å². The van der Waals surface area contributed by atoms with E-state index in [2.05, 4.69) is 135 Å². The summed E-state index contributed by atoms with van der Waals surface area (Å²) in [5, 5.41) is 57.3. The molecule has 0 bridgehead atoms. The Hall–Kier alpha value is -3.94. The fourth-order valence-corrected chi connectivity index (χ4v) is 10.7. The van der Waals surface area contributed by atoms with Gasteiger partial charge in [-0.05, 0) is 116 Å². The summed E-state index contributed by atoms with van der Waals surface area (Å²) in [6, 6.07) is -1.04. The van der Waals surface area contributed by atoms with E-state index in [9.17, 15) is 35.1 Å². The van der Waals surface area contributed by atoms with Gasteiger partial charge in [0.05, 0.1) is 25.4 Å². The number of aliphatic hydroxyl groups excluding tert-OH is 5. The first kappa shape index (κ1) is 83.1. The number of carbonyl (C=O) groups excluding carboxylic acids is 2. The smallest absolute Gasteiger partial charge is 0.306 e. The Morgan fingerprint density at radius 1 is 0.449 bits per heavy atom. The Bertz CT molecular complexity index is 1920. The lowest BCUT2D eigenvalue weighted by Gasteiger charge is -2.41. The third-order valence-electron chi connectivity index (χ3n) is 16.3. The molecule has 0 aromatic heterocycles. The van der Waals surface area contributed by atoms with Gasteiger partial charge in [-0.1, -0.05) is 296 Å². The molecule has 510 valence electrons. The summed E-state index contributed by atoms with van der Waals surface area (Å²) in [6.45, 7) is 5.66. The van der Waals surface area contributed by atoms with E-state index in [1.807, 2.05) is 6.08 Å². The predicted molar refractivity (Wildman–Crippen MR) is 374 cm³/mol. The highest BCUT2D eigenvalue weighted by Gasteiger charge is 2.47. The van der Waals surface area contributed by atoms with Crippen LogP contribution in [0.4, 0.5) is 0 Å². The van der Waals surface area contributed by atoms with Crippen LogP contribution in [0.15, 0.2) is 122 Å². The highest BCUT2D eigenvalue weighted by atomic mass is 16.7. The molecule has 6 N–H and O–H groups in total. The zero-order valence-electron chi connectivity index (χ0n) is 56.8. The largest absolute Gasteiger partial charge is 0.454 e. The van der Waals surface area contributed by atoms with E-state index >= 15 is 0 Å². The minimum Gasteiger partial charge on any atom is -0.454 e. The van der Waals surface area contributed by atoms with Gasteiger partial charge in [0.1, 0.15) is 24.4 Å². The van der Waals surface area contributed by atoms with Crippen molar-refractivity contribution in [2.75, 3.05) is 13.2 Å². The zero-order valence-corrected chi connectivity index (χ0v) is 56.8. The second-order valence-electron chi connectivity index (χ2n) is 24.6. The average molecular weight is 1240 g/mol. The molecule has 8 atom stereocenters. The van der Waals surface area contributed by atoms with E-state index in [4.69, 9.17) is 14.2 Å². The Kier molecular flexibility index (Phi) is 59.9. The minimum atomic E-state index is -1.63. The molecule has 0 aromatic carbocycles. The van der Waals surface area contributed by atoms with Crippen LogP contribution in [0.2, 0.25) is 0 Å². The van der Waals surface area contributed by atoms with E-state index in [-0.39, 0.29) is 19.4 Å². The average Bonchev–Trinajstić information content (AvgIpc) is 2.24. The molecule has 1 amide bonds.